The quantitative estimate of drug-likeness (QED) is 0.787. The molecule has 2 N–H and O–H groups in total. The Morgan fingerprint density at radius 3 is 2.85 bits per heavy atom. The number of fused-ring (bicyclic) bond motifs is 1. The van der Waals surface area contributed by atoms with Crippen molar-refractivity contribution < 1.29 is 9.13 Å². The number of methoxy groups -OCH3 is 1. The lowest BCUT2D eigenvalue weighted by atomic mass is 10.2. The maximum atomic E-state index is 13.5. The predicted molar refractivity (Wildman–Crippen MR) is 77.0 cm³/mol. The van der Waals surface area contributed by atoms with Gasteiger partial charge in [0.1, 0.15) is 5.52 Å². The van der Waals surface area contributed by atoms with Gasteiger partial charge in [-0.15, -0.1) is 0 Å². The van der Waals surface area contributed by atoms with Gasteiger partial charge < -0.3 is 10.5 Å². The Balaban J connectivity index is 2.29. The minimum absolute atomic E-state index is 0.144. The van der Waals surface area contributed by atoms with Crippen LogP contribution in [0.25, 0.3) is 16.7 Å². The lowest BCUT2D eigenvalue weighted by molar-refractivity contribution is 0.386. The Morgan fingerprint density at radius 1 is 1.30 bits per heavy atom. The van der Waals surface area contributed by atoms with Crippen molar-refractivity contribution in [2.45, 2.75) is 0 Å². The molecular weight excluding hydrogens is 281 g/mol. The summed E-state index contributed by atoms with van der Waals surface area (Å²) in [6, 6.07) is 9.89. The first-order valence-electron chi connectivity index (χ1n) is 5.88. The molecule has 0 amide bonds. The van der Waals surface area contributed by atoms with Crippen LogP contribution >= 0.6 is 11.6 Å². The highest BCUT2D eigenvalue weighted by molar-refractivity contribution is 6.35. The van der Waals surface area contributed by atoms with E-state index in [4.69, 9.17) is 22.1 Å². The van der Waals surface area contributed by atoms with Crippen LogP contribution in [0.4, 0.5) is 10.3 Å². The molecule has 0 radical (unpaired) electrons. The van der Waals surface area contributed by atoms with Crippen molar-refractivity contribution in [3.05, 3.63) is 47.2 Å². The molecule has 0 aliphatic rings. The van der Waals surface area contributed by atoms with Crippen LogP contribution in [0.1, 0.15) is 0 Å². The molecule has 0 spiro atoms. The van der Waals surface area contributed by atoms with Crippen molar-refractivity contribution >= 4 is 28.6 Å². The van der Waals surface area contributed by atoms with Gasteiger partial charge in [0.15, 0.2) is 11.6 Å². The van der Waals surface area contributed by atoms with E-state index in [-0.39, 0.29) is 11.7 Å². The Labute approximate surface area is 119 Å². The zero-order chi connectivity index (χ0) is 14.3. The zero-order valence-electron chi connectivity index (χ0n) is 10.6. The summed E-state index contributed by atoms with van der Waals surface area (Å²) in [7, 11) is 1.41. The number of nitrogens with two attached hydrogens (primary N) is 1. The molecule has 102 valence electrons. The maximum Gasteiger partial charge on any atom is 0.205 e. The van der Waals surface area contributed by atoms with E-state index in [1.807, 2.05) is 12.1 Å². The molecule has 0 saturated carbocycles. The van der Waals surface area contributed by atoms with Crippen LogP contribution in [-0.2, 0) is 0 Å². The summed E-state index contributed by atoms with van der Waals surface area (Å²) >= 11 is 6.10. The van der Waals surface area contributed by atoms with Gasteiger partial charge in [0, 0.05) is 6.07 Å². The molecule has 0 unspecified atom stereocenters. The van der Waals surface area contributed by atoms with Crippen molar-refractivity contribution in [3.8, 4) is 11.4 Å². The predicted octanol–water partition coefficient (Wildman–Crippen LogP) is 3.41. The average Bonchev–Trinajstić information content (AvgIpc) is 2.77. The molecule has 20 heavy (non-hydrogen) atoms. The van der Waals surface area contributed by atoms with E-state index in [2.05, 4.69) is 4.98 Å². The van der Waals surface area contributed by atoms with Gasteiger partial charge in [-0.25, -0.2) is 9.37 Å². The maximum absolute atomic E-state index is 13.5. The largest absolute Gasteiger partial charge is 0.494 e. The van der Waals surface area contributed by atoms with Crippen molar-refractivity contribution in [2.75, 3.05) is 12.8 Å². The molecule has 4 nitrogen and oxygen atoms in total. The van der Waals surface area contributed by atoms with Crippen molar-refractivity contribution in [1.29, 1.82) is 0 Å². The van der Waals surface area contributed by atoms with Gasteiger partial charge in [-0.05, 0) is 24.3 Å². The van der Waals surface area contributed by atoms with Gasteiger partial charge in [0.05, 0.1) is 23.3 Å². The zero-order valence-corrected chi connectivity index (χ0v) is 11.4. The monoisotopic (exact) mass is 291 g/mol. The number of ether oxygens (including phenoxy) is 1. The second-order valence-corrected chi connectivity index (χ2v) is 4.64. The summed E-state index contributed by atoms with van der Waals surface area (Å²) in [5, 5.41) is 0.516. The summed E-state index contributed by atoms with van der Waals surface area (Å²) in [6.07, 6.45) is 0. The van der Waals surface area contributed by atoms with E-state index in [9.17, 15) is 4.39 Å². The SMILES string of the molecule is COc1cc(-n2c(N)nc3c(Cl)cccc32)ccc1F. The number of nitrogen functional groups attached to an aromatic ring is 1. The number of nitrogens with zero attached hydrogens (tertiary/aromatic N) is 2. The van der Waals surface area contributed by atoms with Gasteiger partial charge in [-0.1, -0.05) is 17.7 Å². The first-order chi connectivity index (χ1) is 9.61. The number of hydrogen-bond donors (Lipinski definition) is 1. The van der Waals surface area contributed by atoms with Gasteiger partial charge in [-0.3, -0.25) is 4.57 Å². The molecule has 2 aromatic carbocycles. The van der Waals surface area contributed by atoms with Crippen molar-refractivity contribution in [2.24, 2.45) is 0 Å². The van der Waals surface area contributed by atoms with Crippen LogP contribution in [0.15, 0.2) is 36.4 Å². The summed E-state index contributed by atoms with van der Waals surface area (Å²) in [6.45, 7) is 0. The average molecular weight is 292 g/mol. The molecule has 0 atom stereocenters. The molecule has 1 heterocycles. The number of para-hydroxylation sites is 1. The van der Waals surface area contributed by atoms with Gasteiger partial charge >= 0.3 is 0 Å². The molecule has 0 aliphatic heterocycles. The van der Waals surface area contributed by atoms with E-state index >= 15 is 0 Å². The molecule has 1 aromatic heterocycles. The van der Waals surface area contributed by atoms with Crippen molar-refractivity contribution in [1.82, 2.24) is 9.55 Å². The number of aromatic nitrogens is 2. The Bertz CT molecular complexity index is 800. The number of halogens is 2. The third-order valence-electron chi connectivity index (χ3n) is 3.05. The minimum Gasteiger partial charge on any atom is -0.494 e. The van der Waals surface area contributed by atoms with Crippen LogP contribution in [0.5, 0.6) is 5.75 Å². The Hall–Kier alpha value is -2.27. The fourth-order valence-corrected chi connectivity index (χ4v) is 2.35. The van der Waals surface area contributed by atoms with E-state index < -0.39 is 5.82 Å². The number of imidazole rings is 1. The molecule has 0 bridgehead atoms. The highest BCUT2D eigenvalue weighted by atomic mass is 35.5. The highest BCUT2D eigenvalue weighted by Crippen LogP contribution is 2.30. The molecule has 0 fully saturated rings. The lowest BCUT2D eigenvalue weighted by Crippen LogP contribution is -2.01. The van der Waals surface area contributed by atoms with Crippen LogP contribution in [0, 0.1) is 5.82 Å². The Kier molecular flexibility index (Phi) is 2.99. The number of benzene rings is 2. The normalized spacial score (nSPS) is 10.9. The topological polar surface area (TPSA) is 53.1 Å². The molecule has 0 aliphatic carbocycles. The fraction of sp³-hybridized carbons (Fsp3) is 0.0714. The van der Waals surface area contributed by atoms with Gasteiger partial charge in [0.2, 0.25) is 5.95 Å². The summed E-state index contributed by atoms with van der Waals surface area (Å²) in [5.74, 6) is -0.00943. The van der Waals surface area contributed by atoms with E-state index in [1.165, 1.54) is 13.2 Å². The second kappa shape index (κ2) is 4.68. The molecule has 3 aromatic rings. The van der Waals surface area contributed by atoms with Crippen LogP contribution in [0.3, 0.4) is 0 Å². The van der Waals surface area contributed by atoms with Crippen LogP contribution < -0.4 is 10.5 Å². The summed E-state index contributed by atoms with van der Waals surface area (Å²) in [5.41, 5.74) is 7.96. The van der Waals surface area contributed by atoms with E-state index in [1.54, 1.807) is 22.8 Å². The van der Waals surface area contributed by atoms with Crippen molar-refractivity contribution in [3.63, 3.8) is 0 Å². The van der Waals surface area contributed by atoms with Gasteiger partial charge in [-0.2, -0.15) is 0 Å². The first kappa shape index (κ1) is 12.7. The third kappa shape index (κ3) is 1.87. The molecular formula is C14H11ClFN3O. The lowest BCUT2D eigenvalue weighted by Gasteiger charge is -2.09. The fourth-order valence-electron chi connectivity index (χ4n) is 2.14. The summed E-state index contributed by atoms with van der Waals surface area (Å²) < 4.78 is 20.2. The number of rotatable bonds is 2. The first-order valence-corrected chi connectivity index (χ1v) is 6.26. The smallest absolute Gasteiger partial charge is 0.205 e. The number of hydrogen-bond acceptors (Lipinski definition) is 3. The van der Waals surface area contributed by atoms with Crippen LogP contribution in [0.2, 0.25) is 5.02 Å². The van der Waals surface area contributed by atoms with E-state index in [0.29, 0.717) is 16.2 Å². The summed E-state index contributed by atoms with van der Waals surface area (Å²) in [4.78, 5) is 4.24. The van der Waals surface area contributed by atoms with E-state index in [0.717, 1.165) is 5.52 Å². The van der Waals surface area contributed by atoms with Gasteiger partial charge in [0.25, 0.3) is 0 Å². The standard InChI is InChI=1S/C14H11ClFN3O/c1-20-12-7-8(5-6-10(12)16)19-11-4-2-3-9(15)13(11)18-14(19)17/h2-7H,1H3,(H2,17,18). The third-order valence-corrected chi connectivity index (χ3v) is 3.36. The Morgan fingerprint density at radius 2 is 2.10 bits per heavy atom. The number of anilines is 1. The highest BCUT2D eigenvalue weighted by Gasteiger charge is 2.13. The van der Waals surface area contributed by atoms with Crippen LogP contribution in [-0.4, -0.2) is 16.7 Å². The minimum atomic E-state index is -0.433. The molecule has 3 rings (SSSR count). The second-order valence-electron chi connectivity index (χ2n) is 4.23. The molecule has 0 saturated heterocycles. The molecule has 6 heteroatoms.